The Balaban J connectivity index is 2.41. The second-order valence-electron chi connectivity index (χ2n) is 4.53. The number of methoxy groups -OCH3 is 1. The molecule has 0 fully saturated rings. The molecule has 1 aliphatic heterocycles. The number of hydrogen-bond acceptors (Lipinski definition) is 3. The zero-order valence-electron chi connectivity index (χ0n) is 10.8. The third kappa shape index (κ3) is 3.07. The Labute approximate surface area is 109 Å². The molecule has 0 radical (unpaired) electrons. The van der Waals surface area contributed by atoms with Crippen molar-refractivity contribution < 1.29 is 17.9 Å². The van der Waals surface area contributed by atoms with E-state index in [1.54, 1.807) is 0 Å². The fraction of sp³-hybridized carbons (Fsp3) is 0.462. The van der Waals surface area contributed by atoms with Gasteiger partial charge in [0.2, 0.25) is 5.88 Å². The van der Waals surface area contributed by atoms with E-state index in [9.17, 15) is 13.2 Å². The van der Waals surface area contributed by atoms with Crippen LogP contribution < -0.4 is 4.74 Å². The summed E-state index contributed by atoms with van der Waals surface area (Å²) in [6.45, 7) is 1.55. The van der Waals surface area contributed by atoms with Gasteiger partial charge in [0.1, 0.15) is 5.56 Å². The highest BCUT2D eigenvalue weighted by molar-refractivity contribution is 5.68. The number of aromatic nitrogens is 1. The molecule has 2 rings (SSSR count). The van der Waals surface area contributed by atoms with Crippen molar-refractivity contribution >= 4 is 5.57 Å². The number of likely N-dealkylation sites (N-methyl/N-ethyl adjacent to an activating group) is 1. The molecule has 3 nitrogen and oxygen atoms in total. The van der Waals surface area contributed by atoms with Crippen molar-refractivity contribution in [1.29, 1.82) is 0 Å². The highest BCUT2D eigenvalue weighted by atomic mass is 19.4. The number of rotatable bonds is 2. The lowest BCUT2D eigenvalue weighted by Gasteiger charge is -2.23. The van der Waals surface area contributed by atoms with Gasteiger partial charge >= 0.3 is 6.18 Å². The van der Waals surface area contributed by atoms with Crippen LogP contribution in [0.15, 0.2) is 18.3 Å². The normalized spacial score (nSPS) is 17.2. The van der Waals surface area contributed by atoms with Gasteiger partial charge in [-0.05, 0) is 30.7 Å². The van der Waals surface area contributed by atoms with Gasteiger partial charge in [-0.3, -0.25) is 0 Å². The molecule has 1 aliphatic rings. The van der Waals surface area contributed by atoms with Crippen molar-refractivity contribution in [2.24, 2.45) is 0 Å². The Kier molecular flexibility index (Phi) is 3.80. The SMILES string of the molecule is COc1ncc(C2=CCCN(C)C2)cc1C(F)(F)F. The molecule has 1 aromatic heterocycles. The Hall–Kier alpha value is -1.56. The average molecular weight is 272 g/mol. The summed E-state index contributed by atoms with van der Waals surface area (Å²) in [6, 6.07) is 1.11. The summed E-state index contributed by atoms with van der Waals surface area (Å²) in [5.41, 5.74) is 0.538. The molecule has 0 N–H and O–H groups in total. The molecular formula is C13H15F3N2O. The molecule has 0 spiro atoms. The van der Waals surface area contributed by atoms with E-state index in [4.69, 9.17) is 0 Å². The molecule has 0 saturated carbocycles. The molecule has 0 bridgehead atoms. The maximum atomic E-state index is 12.9. The van der Waals surface area contributed by atoms with Crippen LogP contribution >= 0.6 is 0 Å². The summed E-state index contributed by atoms with van der Waals surface area (Å²) in [4.78, 5) is 5.82. The summed E-state index contributed by atoms with van der Waals surface area (Å²) < 4.78 is 43.4. The molecule has 0 aliphatic carbocycles. The monoisotopic (exact) mass is 272 g/mol. The van der Waals surface area contributed by atoms with Gasteiger partial charge in [-0.1, -0.05) is 6.08 Å². The van der Waals surface area contributed by atoms with Gasteiger partial charge in [0.15, 0.2) is 0 Å². The number of hydrogen-bond donors (Lipinski definition) is 0. The first kappa shape index (κ1) is 13.9. The lowest BCUT2D eigenvalue weighted by Crippen LogP contribution is -2.25. The van der Waals surface area contributed by atoms with E-state index in [1.807, 2.05) is 13.1 Å². The van der Waals surface area contributed by atoms with Crippen molar-refractivity contribution in [3.05, 3.63) is 29.5 Å². The van der Waals surface area contributed by atoms with Crippen LogP contribution in [-0.2, 0) is 6.18 Å². The third-order valence-electron chi connectivity index (χ3n) is 3.06. The zero-order chi connectivity index (χ0) is 14.0. The Morgan fingerprint density at radius 1 is 1.37 bits per heavy atom. The maximum absolute atomic E-state index is 12.9. The average Bonchev–Trinajstić information content (AvgIpc) is 2.37. The van der Waals surface area contributed by atoms with E-state index in [0.717, 1.165) is 24.6 Å². The van der Waals surface area contributed by atoms with Crippen molar-refractivity contribution in [3.63, 3.8) is 0 Å². The van der Waals surface area contributed by atoms with Crippen molar-refractivity contribution in [2.75, 3.05) is 27.2 Å². The number of nitrogens with zero attached hydrogens (tertiary/aromatic N) is 2. The van der Waals surface area contributed by atoms with Gasteiger partial charge in [-0.15, -0.1) is 0 Å². The molecule has 1 aromatic rings. The van der Waals surface area contributed by atoms with Gasteiger partial charge in [0.25, 0.3) is 0 Å². The molecule has 0 saturated heterocycles. The van der Waals surface area contributed by atoms with E-state index in [2.05, 4.69) is 14.6 Å². The van der Waals surface area contributed by atoms with Crippen molar-refractivity contribution in [3.8, 4) is 5.88 Å². The lowest BCUT2D eigenvalue weighted by atomic mass is 10.0. The highest BCUT2D eigenvalue weighted by Gasteiger charge is 2.35. The molecule has 104 valence electrons. The quantitative estimate of drug-likeness (QED) is 0.827. The Bertz CT molecular complexity index is 497. The van der Waals surface area contributed by atoms with Crippen molar-refractivity contribution in [1.82, 2.24) is 9.88 Å². The molecule has 0 unspecified atom stereocenters. The molecule has 0 amide bonds. The second-order valence-corrected chi connectivity index (χ2v) is 4.53. The van der Waals surface area contributed by atoms with Gasteiger partial charge in [0, 0.05) is 19.3 Å². The fourth-order valence-corrected chi connectivity index (χ4v) is 2.10. The lowest BCUT2D eigenvalue weighted by molar-refractivity contribution is -0.139. The minimum absolute atomic E-state index is 0.388. The largest absolute Gasteiger partial charge is 0.481 e. The molecule has 19 heavy (non-hydrogen) atoms. The van der Waals surface area contributed by atoms with Crippen molar-refractivity contribution in [2.45, 2.75) is 12.6 Å². The summed E-state index contributed by atoms with van der Waals surface area (Å²) in [5, 5.41) is 0. The standard InChI is InChI=1S/C13H15F3N2O/c1-18-5-3-4-9(8-18)10-6-11(13(14,15)16)12(19-2)17-7-10/h4,6-7H,3,5,8H2,1-2H3. The van der Waals surface area contributed by atoms with Crippen LogP contribution in [0.3, 0.4) is 0 Å². The molecule has 2 heterocycles. The first-order chi connectivity index (χ1) is 8.91. The smallest absolute Gasteiger partial charge is 0.421 e. The first-order valence-electron chi connectivity index (χ1n) is 5.91. The summed E-state index contributed by atoms with van der Waals surface area (Å²) in [5.74, 6) is -0.388. The summed E-state index contributed by atoms with van der Waals surface area (Å²) >= 11 is 0. The van der Waals surface area contributed by atoms with Crippen LogP contribution in [0.2, 0.25) is 0 Å². The predicted molar refractivity (Wildman–Crippen MR) is 65.9 cm³/mol. The predicted octanol–water partition coefficient (Wildman–Crippen LogP) is 2.83. The number of alkyl halides is 3. The van der Waals surface area contributed by atoms with E-state index in [1.165, 1.54) is 13.3 Å². The van der Waals surface area contributed by atoms with Crippen LogP contribution in [0.4, 0.5) is 13.2 Å². The van der Waals surface area contributed by atoms with Gasteiger partial charge < -0.3 is 9.64 Å². The second kappa shape index (κ2) is 5.21. The minimum Gasteiger partial charge on any atom is -0.481 e. The van der Waals surface area contributed by atoms with Crippen LogP contribution in [-0.4, -0.2) is 37.1 Å². The fourth-order valence-electron chi connectivity index (χ4n) is 2.10. The molecule has 6 heteroatoms. The molecular weight excluding hydrogens is 257 g/mol. The first-order valence-corrected chi connectivity index (χ1v) is 5.91. The van der Waals surface area contributed by atoms with Gasteiger partial charge in [-0.25, -0.2) is 4.98 Å². The van der Waals surface area contributed by atoms with Crippen LogP contribution in [0.1, 0.15) is 17.5 Å². The van der Waals surface area contributed by atoms with Crippen LogP contribution in [0, 0.1) is 0 Å². The van der Waals surface area contributed by atoms with Gasteiger partial charge in [0.05, 0.1) is 7.11 Å². The van der Waals surface area contributed by atoms with Gasteiger partial charge in [-0.2, -0.15) is 13.2 Å². The van der Waals surface area contributed by atoms with Crippen LogP contribution in [0.5, 0.6) is 5.88 Å². The van der Waals surface area contributed by atoms with E-state index < -0.39 is 11.7 Å². The summed E-state index contributed by atoms with van der Waals surface area (Å²) in [7, 11) is 3.12. The number of ether oxygens (including phenoxy) is 1. The third-order valence-corrected chi connectivity index (χ3v) is 3.06. The van der Waals surface area contributed by atoms with Crippen LogP contribution in [0.25, 0.3) is 5.57 Å². The van der Waals surface area contributed by atoms with E-state index in [0.29, 0.717) is 12.1 Å². The summed E-state index contributed by atoms with van der Waals surface area (Å²) in [6.07, 6.45) is -0.239. The topological polar surface area (TPSA) is 25.4 Å². The van der Waals surface area contributed by atoms with E-state index >= 15 is 0 Å². The number of halogens is 3. The molecule has 0 aromatic carbocycles. The number of pyridine rings is 1. The zero-order valence-corrected chi connectivity index (χ0v) is 10.8. The minimum atomic E-state index is -4.46. The maximum Gasteiger partial charge on any atom is 0.421 e. The Morgan fingerprint density at radius 2 is 2.11 bits per heavy atom. The highest BCUT2D eigenvalue weighted by Crippen LogP contribution is 2.36. The molecule has 0 atom stereocenters. The van der Waals surface area contributed by atoms with E-state index in [-0.39, 0.29) is 5.88 Å². The Morgan fingerprint density at radius 3 is 2.68 bits per heavy atom.